The van der Waals surface area contributed by atoms with Gasteiger partial charge in [0.2, 0.25) is 5.91 Å². The van der Waals surface area contributed by atoms with Gasteiger partial charge < -0.3 is 10.6 Å². The number of carbonyl (C=O) groups excluding carboxylic acids is 1. The Labute approximate surface area is 163 Å². The van der Waals surface area contributed by atoms with Crippen molar-refractivity contribution in [3.8, 4) is 0 Å². The Hall–Kier alpha value is -2.51. The molecule has 2 aromatic rings. The van der Waals surface area contributed by atoms with Crippen LogP contribution in [-0.4, -0.2) is 28.4 Å². The van der Waals surface area contributed by atoms with E-state index < -0.39 is 12.7 Å². The van der Waals surface area contributed by atoms with Crippen LogP contribution in [0.15, 0.2) is 24.3 Å². The van der Waals surface area contributed by atoms with Gasteiger partial charge >= 0.3 is 6.18 Å². The van der Waals surface area contributed by atoms with Crippen LogP contribution in [0.2, 0.25) is 0 Å². The molecule has 2 rings (SSSR count). The van der Waals surface area contributed by atoms with Crippen LogP contribution in [0.4, 0.5) is 24.5 Å². The van der Waals surface area contributed by atoms with Crippen molar-refractivity contribution in [2.45, 2.75) is 53.3 Å². The number of nitrogens with one attached hydrogen (secondary N) is 2. The SMILES string of the molecule is Cc1nn(CC(C)C)c(C)c1CCC(=O)Nc1ccccc1NCC(F)(F)F. The zero-order valence-corrected chi connectivity index (χ0v) is 16.7. The predicted octanol–water partition coefficient (Wildman–Crippen LogP) is 4.70. The molecule has 0 spiro atoms. The smallest absolute Gasteiger partial charge is 0.375 e. The normalized spacial score (nSPS) is 11.7. The maximum atomic E-state index is 12.4. The first-order valence-corrected chi connectivity index (χ1v) is 9.29. The van der Waals surface area contributed by atoms with Crippen molar-refractivity contribution in [3.63, 3.8) is 0 Å². The van der Waals surface area contributed by atoms with Gasteiger partial charge in [0, 0.05) is 18.7 Å². The zero-order valence-electron chi connectivity index (χ0n) is 16.7. The number of hydrogen-bond acceptors (Lipinski definition) is 3. The predicted molar refractivity (Wildman–Crippen MR) is 104 cm³/mol. The lowest BCUT2D eigenvalue weighted by Crippen LogP contribution is -2.22. The lowest BCUT2D eigenvalue weighted by atomic mass is 10.1. The van der Waals surface area contributed by atoms with Crippen molar-refractivity contribution >= 4 is 17.3 Å². The maximum Gasteiger partial charge on any atom is 0.405 e. The standard InChI is InChI=1S/C20H27F3N4O/c1-13(2)11-27-15(4)16(14(3)26-27)9-10-19(28)25-18-8-6-5-7-17(18)24-12-20(21,22)23/h5-8,13,24H,9-12H2,1-4H3,(H,25,28). The van der Waals surface area contributed by atoms with Gasteiger partial charge in [-0.1, -0.05) is 26.0 Å². The number of carbonyl (C=O) groups is 1. The Morgan fingerprint density at radius 2 is 1.82 bits per heavy atom. The zero-order chi connectivity index (χ0) is 20.9. The van der Waals surface area contributed by atoms with Gasteiger partial charge in [0.05, 0.1) is 17.1 Å². The first kappa shape index (κ1) is 21.8. The second kappa shape index (κ2) is 9.12. The number of alkyl halides is 3. The molecule has 0 radical (unpaired) electrons. The van der Waals surface area contributed by atoms with E-state index in [4.69, 9.17) is 0 Å². The Morgan fingerprint density at radius 3 is 2.43 bits per heavy atom. The number of para-hydroxylation sites is 2. The first-order valence-electron chi connectivity index (χ1n) is 9.29. The monoisotopic (exact) mass is 396 g/mol. The van der Waals surface area contributed by atoms with Crippen LogP contribution < -0.4 is 10.6 Å². The minimum absolute atomic E-state index is 0.225. The van der Waals surface area contributed by atoms with Crippen molar-refractivity contribution in [1.82, 2.24) is 9.78 Å². The molecule has 5 nitrogen and oxygen atoms in total. The highest BCUT2D eigenvalue weighted by atomic mass is 19.4. The van der Waals surface area contributed by atoms with Gasteiger partial charge in [-0.15, -0.1) is 0 Å². The summed E-state index contributed by atoms with van der Waals surface area (Å²) in [6.45, 7) is 7.81. The van der Waals surface area contributed by atoms with E-state index >= 15 is 0 Å². The molecule has 28 heavy (non-hydrogen) atoms. The van der Waals surface area contributed by atoms with Crippen LogP contribution in [0.5, 0.6) is 0 Å². The second-order valence-electron chi connectivity index (χ2n) is 7.29. The molecular formula is C20H27F3N4O. The average molecular weight is 396 g/mol. The van der Waals surface area contributed by atoms with E-state index in [0.29, 0.717) is 18.0 Å². The number of rotatable bonds is 8. The summed E-state index contributed by atoms with van der Waals surface area (Å²) in [4.78, 5) is 12.4. The van der Waals surface area contributed by atoms with E-state index in [-0.39, 0.29) is 18.0 Å². The number of anilines is 2. The molecule has 1 heterocycles. The molecule has 0 bridgehead atoms. The van der Waals surface area contributed by atoms with Gasteiger partial charge in [-0.05, 0) is 43.9 Å². The number of aromatic nitrogens is 2. The Kier molecular flexibility index (Phi) is 7.10. The van der Waals surface area contributed by atoms with Crippen molar-refractivity contribution in [2.75, 3.05) is 17.2 Å². The molecule has 0 unspecified atom stereocenters. The summed E-state index contributed by atoms with van der Waals surface area (Å²) in [6.07, 6.45) is -3.58. The summed E-state index contributed by atoms with van der Waals surface area (Å²) in [7, 11) is 0. The summed E-state index contributed by atoms with van der Waals surface area (Å²) < 4.78 is 39.3. The molecule has 154 valence electrons. The fourth-order valence-electron chi connectivity index (χ4n) is 3.01. The quantitative estimate of drug-likeness (QED) is 0.680. The molecule has 0 atom stereocenters. The Balaban J connectivity index is 1.99. The third kappa shape index (κ3) is 6.28. The minimum Gasteiger partial charge on any atom is -0.375 e. The number of nitrogens with zero attached hydrogens (tertiary/aromatic N) is 2. The average Bonchev–Trinajstić information content (AvgIpc) is 2.84. The van der Waals surface area contributed by atoms with Crippen molar-refractivity contribution in [1.29, 1.82) is 0 Å². The van der Waals surface area contributed by atoms with Gasteiger partial charge in [0.15, 0.2) is 0 Å². The molecule has 0 aliphatic carbocycles. The summed E-state index contributed by atoms with van der Waals surface area (Å²) >= 11 is 0. The third-order valence-electron chi connectivity index (χ3n) is 4.35. The fourth-order valence-corrected chi connectivity index (χ4v) is 3.01. The molecule has 0 aliphatic heterocycles. The molecule has 8 heteroatoms. The van der Waals surface area contributed by atoms with Gasteiger partial charge in [-0.25, -0.2) is 0 Å². The molecule has 0 aliphatic rings. The topological polar surface area (TPSA) is 59.0 Å². The second-order valence-corrected chi connectivity index (χ2v) is 7.29. The molecule has 1 amide bonds. The van der Waals surface area contributed by atoms with E-state index in [1.807, 2.05) is 18.5 Å². The molecule has 0 fully saturated rings. The maximum absolute atomic E-state index is 12.4. The van der Waals surface area contributed by atoms with E-state index in [9.17, 15) is 18.0 Å². The number of halogens is 3. The van der Waals surface area contributed by atoms with E-state index in [1.54, 1.807) is 18.2 Å². The van der Waals surface area contributed by atoms with Gasteiger partial charge in [-0.2, -0.15) is 18.3 Å². The van der Waals surface area contributed by atoms with E-state index in [0.717, 1.165) is 23.5 Å². The summed E-state index contributed by atoms with van der Waals surface area (Å²) in [5.41, 5.74) is 3.56. The number of benzene rings is 1. The van der Waals surface area contributed by atoms with Crippen LogP contribution in [0.1, 0.15) is 37.2 Å². The molecule has 1 aromatic heterocycles. The summed E-state index contributed by atoms with van der Waals surface area (Å²) in [5, 5.41) is 9.56. The summed E-state index contributed by atoms with van der Waals surface area (Å²) in [6, 6.07) is 6.36. The molecular weight excluding hydrogens is 369 g/mol. The van der Waals surface area contributed by atoms with Crippen molar-refractivity contribution < 1.29 is 18.0 Å². The highest BCUT2D eigenvalue weighted by Crippen LogP contribution is 2.24. The van der Waals surface area contributed by atoms with E-state index in [1.165, 1.54) is 6.07 Å². The van der Waals surface area contributed by atoms with Gasteiger partial charge in [0.1, 0.15) is 6.54 Å². The van der Waals surface area contributed by atoms with Crippen LogP contribution in [0, 0.1) is 19.8 Å². The van der Waals surface area contributed by atoms with Crippen LogP contribution >= 0.6 is 0 Å². The third-order valence-corrected chi connectivity index (χ3v) is 4.35. The van der Waals surface area contributed by atoms with Gasteiger partial charge in [-0.3, -0.25) is 9.48 Å². The number of amides is 1. The molecule has 0 saturated carbocycles. The summed E-state index contributed by atoms with van der Waals surface area (Å²) in [5.74, 6) is 0.214. The first-order chi connectivity index (χ1) is 13.1. The van der Waals surface area contributed by atoms with Crippen LogP contribution in [0.3, 0.4) is 0 Å². The molecule has 1 aromatic carbocycles. The highest BCUT2D eigenvalue weighted by Gasteiger charge is 2.27. The highest BCUT2D eigenvalue weighted by molar-refractivity contribution is 5.94. The van der Waals surface area contributed by atoms with Crippen LogP contribution in [-0.2, 0) is 17.8 Å². The minimum atomic E-state index is -4.33. The van der Waals surface area contributed by atoms with Crippen molar-refractivity contribution in [2.24, 2.45) is 5.92 Å². The molecule has 2 N–H and O–H groups in total. The van der Waals surface area contributed by atoms with E-state index in [2.05, 4.69) is 29.6 Å². The molecule has 0 saturated heterocycles. The lowest BCUT2D eigenvalue weighted by Gasteiger charge is -2.14. The Morgan fingerprint density at radius 1 is 1.18 bits per heavy atom. The van der Waals surface area contributed by atoms with Gasteiger partial charge in [0.25, 0.3) is 0 Å². The number of hydrogen-bond donors (Lipinski definition) is 2. The van der Waals surface area contributed by atoms with Crippen molar-refractivity contribution in [3.05, 3.63) is 41.2 Å². The lowest BCUT2D eigenvalue weighted by molar-refractivity contribution is -0.116. The van der Waals surface area contributed by atoms with Crippen LogP contribution in [0.25, 0.3) is 0 Å². The largest absolute Gasteiger partial charge is 0.405 e. The fraction of sp³-hybridized carbons (Fsp3) is 0.500. The number of aryl methyl sites for hydroxylation is 1. The Bertz CT molecular complexity index is 812.